The summed E-state index contributed by atoms with van der Waals surface area (Å²) in [5.74, 6) is 1.62. The predicted octanol–water partition coefficient (Wildman–Crippen LogP) is 2.29. The lowest BCUT2D eigenvalue weighted by molar-refractivity contribution is -0.138. The fraction of sp³-hybridized carbons (Fsp3) is 0.353. The largest absolute Gasteiger partial charge is 0.497 e. The highest BCUT2D eigenvalue weighted by Crippen LogP contribution is 2.32. The van der Waals surface area contributed by atoms with E-state index in [0.717, 1.165) is 12.1 Å². The van der Waals surface area contributed by atoms with E-state index >= 15 is 0 Å². The van der Waals surface area contributed by atoms with E-state index in [0.29, 0.717) is 36.1 Å². The van der Waals surface area contributed by atoms with Crippen LogP contribution in [-0.2, 0) is 4.79 Å². The molecule has 0 amide bonds. The average Bonchev–Trinajstić information content (AvgIpc) is 3.12. The number of carboxylic acids is 1. The maximum Gasteiger partial charge on any atom is 0.326 e. The third kappa shape index (κ3) is 3.57. The molecule has 0 saturated carbocycles. The van der Waals surface area contributed by atoms with E-state index in [1.807, 2.05) is 12.1 Å². The van der Waals surface area contributed by atoms with Crippen LogP contribution in [0.2, 0.25) is 0 Å². The molecule has 1 aromatic heterocycles. The molecule has 0 radical (unpaired) electrons. The van der Waals surface area contributed by atoms with Gasteiger partial charge in [-0.1, -0.05) is 0 Å². The van der Waals surface area contributed by atoms with E-state index in [1.165, 1.54) is 6.33 Å². The van der Waals surface area contributed by atoms with Gasteiger partial charge in [-0.15, -0.1) is 0 Å². The van der Waals surface area contributed by atoms with Crippen molar-refractivity contribution < 1.29 is 19.4 Å². The summed E-state index contributed by atoms with van der Waals surface area (Å²) in [5.41, 5.74) is 0.726. The highest BCUT2D eigenvalue weighted by atomic mass is 16.5. The van der Waals surface area contributed by atoms with Crippen LogP contribution < -0.4 is 19.7 Å². The summed E-state index contributed by atoms with van der Waals surface area (Å²) in [6.45, 7) is 0.666. The lowest BCUT2D eigenvalue weighted by Crippen LogP contribution is -2.36. The molecule has 0 aliphatic carbocycles. The fourth-order valence-corrected chi connectivity index (χ4v) is 2.91. The number of aromatic nitrogens is 2. The van der Waals surface area contributed by atoms with Gasteiger partial charge in [0.15, 0.2) is 0 Å². The summed E-state index contributed by atoms with van der Waals surface area (Å²) >= 11 is 0. The summed E-state index contributed by atoms with van der Waals surface area (Å²) in [6.07, 6.45) is 2.87. The number of carbonyl (C=O) groups is 1. The Kier molecular flexibility index (Phi) is 4.87. The van der Waals surface area contributed by atoms with Crippen molar-refractivity contribution in [3.63, 3.8) is 0 Å². The van der Waals surface area contributed by atoms with E-state index in [-0.39, 0.29) is 0 Å². The van der Waals surface area contributed by atoms with Gasteiger partial charge in [-0.3, -0.25) is 0 Å². The van der Waals surface area contributed by atoms with E-state index in [1.54, 1.807) is 31.3 Å². The number of ether oxygens (including phenoxy) is 2. The molecule has 1 fully saturated rings. The first-order valence-corrected chi connectivity index (χ1v) is 7.93. The smallest absolute Gasteiger partial charge is 0.326 e. The molecule has 25 heavy (non-hydrogen) atoms. The summed E-state index contributed by atoms with van der Waals surface area (Å²) < 4.78 is 10.6. The fourth-order valence-electron chi connectivity index (χ4n) is 2.91. The molecule has 2 aromatic rings. The van der Waals surface area contributed by atoms with Crippen molar-refractivity contribution in [2.45, 2.75) is 18.9 Å². The molecule has 2 N–H and O–H groups in total. The second kappa shape index (κ2) is 7.25. The highest BCUT2D eigenvalue weighted by molar-refractivity contribution is 5.79. The third-order valence-corrected chi connectivity index (χ3v) is 4.16. The van der Waals surface area contributed by atoms with Crippen molar-refractivity contribution in [2.24, 2.45) is 0 Å². The standard InChI is InChI=1S/C17H20N4O4/c1-24-11-5-6-12(14(8-11)25-2)20-15-9-16(19-10-18-15)21-7-3-4-13(21)17(22)23/h5-6,8-10,13H,3-4,7H2,1-2H3,(H,22,23)(H,18,19,20)/t13-/m0/s1. The van der Waals surface area contributed by atoms with E-state index in [9.17, 15) is 9.90 Å². The molecule has 8 heteroatoms. The summed E-state index contributed by atoms with van der Waals surface area (Å²) in [7, 11) is 3.17. The molecule has 1 aromatic carbocycles. The Bertz CT molecular complexity index is 768. The number of hydrogen-bond acceptors (Lipinski definition) is 7. The van der Waals surface area contributed by atoms with Crippen LogP contribution in [0.3, 0.4) is 0 Å². The summed E-state index contributed by atoms with van der Waals surface area (Å²) in [5, 5.41) is 12.5. The maximum atomic E-state index is 11.4. The molecular weight excluding hydrogens is 324 g/mol. The Labute approximate surface area is 145 Å². The number of methoxy groups -OCH3 is 2. The number of nitrogens with one attached hydrogen (secondary N) is 1. The minimum absolute atomic E-state index is 0.543. The average molecular weight is 344 g/mol. The van der Waals surface area contributed by atoms with Gasteiger partial charge in [0.25, 0.3) is 0 Å². The van der Waals surface area contributed by atoms with Gasteiger partial charge in [0.1, 0.15) is 35.5 Å². The zero-order chi connectivity index (χ0) is 17.8. The van der Waals surface area contributed by atoms with Crippen LogP contribution in [-0.4, -0.2) is 47.8 Å². The van der Waals surface area contributed by atoms with E-state index < -0.39 is 12.0 Å². The number of nitrogens with zero attached hydrogens (tertiary/aromatic N) is 3. The summed E-state index contributed by atoms with van der Waals surface area (Å²) in [6, 6.07) is 6.61. The molecule has 0 unspecified atom stereocenters. The first-order valence-electron chi connectivity index (χ1n) is 7.93. The van der Waals surface area contributed by atoms with Gasteiger partial charge in [-0.25, -0.2) is 14.8 Å². The molecule has 132 valence electrons. The molecule has 0 spiro atoms. The highest BCUT2D eigenvalue weighted by Gasteiger charge is 2.31. The second-order valence-electron chi connectivity index (χ2n) is 5.64. The van der Waals surface area contributed by atoms with Crippen LogP contribution in [0.15, 0.2) is 30.6 Å². The quantitative estimate of drug-likeness (QED) is 0.824. The van der Waals surface area contributed by atoms with Crippen molar-refractivity contribution in [1.82, 2.24) is 9.97 Å². The van der Waals surface area contributed by atoms with Crippen molar-refractivity contribution in [2.75, 3.05) is 31.0 Å². The normalized spacial score (nSPS) is 16.6. The van der Waals surface area contributed by atoms with Crippen LogP contribution >= 0.6 is 0 Å². The summed E-state index contributed by atoms with van der Waals surface area (Å²) in [4.78, 5) is 21.6. The number of hydrogen-bond donors (Lipinski definition) is 2. The number of benzene rings is 1. The first kappa shape index (κ1) is 16.8. The van der Waals surface area contributed by atoms with Crippen molar-refractivity contribution >= 4 is 23.3 Å². The lowest BCUT2D eigenvalue weighted by Gasteiger charge is -2.22. The molecular formula is C17H20N4O4. The number of anilines is 3. The molecule has 1 aliphatic rings. The third-order valence-electron chi connectivity index (χ3n) is 4.16. The van der Waals surface area contributed by atoms with Crippen molar-refractivity contribution in [3.8, 4) is 11.5 Å². The number of aliphatic carboxylic acids is 1. The van der Waals surface area contributed by atoms with Crippen LogP contribution in [0.4, 0.5) is 17.3 Å². The SMILES string of the molecule is COc1ccc(Nc2cc(N3CCC[C@H]3C(=O)O)ncn2)c(OC)c1. The molecule has 1 atom stereocenters. The molecule has 8 nitrogen and oxygen atoms in total. The van der Waals surface area contributed by atoms with Gasteiger partial charge in [0.05, 0.1) is 19.9 Å². The Morgan fingerprint density at radius 2 is 2.12 bits per heavy atom. The van der Waals surface area contributed by atoms with Gasteiger partial charge in [0, 0.05) is 18.7 Å². The minimum atomic E-state index is -0.831. The predicted molar refractivity (Wildman–Crippen MR) is 92.9 cm³/mol. The molecule has 0 bridgehead atoms. The van der Waals surface area contributed by atoms with E-state index in [4.69, 9.17) is 9.47 Å². The molecule has 3 rings (SSSR count). The minimum Gasteiger partial charge on any atom is -0.497 e. The maximum absolute atomic E-state index is 11.4. The molecule has 1 aliphatic heterocycles. The van der Waals surface area contributed by atoms with Crippen molar-refractivity contribution in [1.29, 1.82) is 0 Å². The van der Waals surface area contributed by atoms with Crippen LogP contribution in [0.1, 0.15) is 12.8 Å². The Morgan fingerprint density at radius 1 is 1.28 bits per heavy atom. The van der Waals surface area contributed by atoms with Crippen LogP contribution in [0.25, 0.3) is 0 Å². The number of rotatable bonds is 6. The Hall–Kier alpha value is -3.03. The zero-order valence-electron chi connectivity index (χ0n) is 14.1. The van der Waals surface area contributed by atoms with Crippen LogP contribution in [0.5, 0.6) is 11.5 Å². The number of carboxylic acid groups (broad SMARTS) is 1. The molecule has 1 saturated heterocycles. The van der Waals surface area contributed by atoms with Gasteiger partial charge in [0.2, 0.25) is 0 Å². The topological polar surface area (TPSA) is 96.8 Å². The van der Waals surface area contributed by atoms with Gasteiger partial charge in [-0.2, -0.15) is 0 Å². The van der Waals surface area contributed by atoms with Gasteiger partial charge >= 0.3 is 5.97 Å². The van der Waals surface area contributed by atoms with Gasteiger partial charge in [-0.05, 0) is 25.0 Å². The molecule has 2 heterocycles. The van der Waals surface area contributed by atoms with Crippen LogP contribution in [0, 0.1) is 0 Å². The Balaban J connectivity index is 1.84. The van der Waals surface area contributed by atoms with E-state index in [2.05, 4.69) is 15.3 Å². The first-order chi connectivity index (χ1) is 12.1. The second-order valence-corrected chi connectivity index (χ2v) is 5.64. The zero-order valence-corrected chi connectivity index (χ0v) is 14.1. The monoisotopic (exact) mass is 344 g/mol. The lowest BCUT2D eigenvalue weighted by atomic mass is 10.2. The Morgan fingerprint density at radius 3 is 2.84 bits per heavy atom. The van der Waals surface area contributed by atoms with Crippen molar-refractivity contribution in [3.05, 3.63) is 30.6 Å². The van der Waals surface area contributed by atoms with Gasteiger partial charge < -0.3 is 24.8 Å².